The van der Waals surface area contributed by atoms with E-state index in [0.29, 0.717) is 18.0 Å². The van der Waals surface area contributed by atoms with Crippen LogP contribution in [0.4, 0.5) is 11.4 Å². The highest BCUT2D eigenvalue weighted by atomic mass is 32.2. The first-order valence-corrected chi connectivity index (χ1v) is 9.89. The molecular formula is C17H19N3O5S. The van der Waals surface area contributed by atoms with E-state index in [1.165, 1.54) is 6.26 Å². The second kappa shape index (κ2) is 7.20. The number of likely N-dealkylation sites (tertiary alicyclic amines) is 1. The molecule has 1 unspecified atom stereocenters. The lowest BCUT2D eigenvalue weighted by Gasteiger charge is -2.16. The van der Waals surface area contributed by atoms with Crippen molar-refractivity contribution >= 4 is 33.2 Å². The van der Waals surface area contributed by atoms with E-state index in [1.807, 2.05) is 0 Å². The minimum absolute atomic E-state index is 0.105. The highest BCUT2D eigenvalue weighted by molar-refractivity contribution is 7.92. The third-order valence-electron chi connectivity index (χ3n) is 3.99. The van der Waals surface area contributed by atoms with Gasteiger partial charge in [-0.2, -0.15) is 0 Å². The molecule has 138 valence electrons. The van der Waals surface area contributed by atoms with E-state index in [9.17, 15) is 18.0 Å². The van der Waals surface area contributed by atoms with Gasteiger partial charge in [-0.1, -0.05) is 12.1 Å². The summed E-state index contributed by atoms with van der Waals surface area (Å²) in [6.07, 6.45) is 2.67. The molecule has 9 heteroatoms. The smallest absolute Gasteiger partial charge is 0.229 e. The van der Waals surface area contributed by atoms with Gasteiger partial charge < -0.3 is 14.6 Å². The molecule has 8 nitrogen and oxygen atoms in total. The molecule has 2 amide bonds. The van der Waals surface area contributed by atoms with Gasteiger partial charge in [0.15, 0.2) is 0 Å². The first kappa shape index (κ1) is 18.0. The lowest BCUT2D eigenvalue weighted by molar-refractivity contribution is -0.128. The van der Waals surface area contributed by atoms with E-state index in [0.717, 1.165) is 6.26 Å². The SMILES string of the molecule is CS(=O)(=O)Nc1ccccc1NC(=O)C1CC(=O)N(Cc2ccco2)C1. The number of amides is 2. The molecule has 1 aromatic carbocycles. The van der Waals surface area contributed by atoms with Crippen molar-refractivity contribution in [3.8, 4) is 0 Å². The van der Waals surface area contributed by atoms with Crippen LogP contribution in [0.25, 0.3) is 0 Å². The summed E-state index contributed by atoms with van der Waals surface area (Å²) in [6, 6.07) is 10.0. The molecule has 0 spiro atoms. The Bertz CT molecular complexity index is 908. The molecule has 26 heavy (non-hydrogen) atoms. The molecule has 1 atom stereocenters. The Labute approximate surface area is 151 Å². The summed E-state index contributed by atoms with van der Waals surface area (Å²) in [7, 11) is -3.48. The van der Waals surface area contributed by atoms with Crippen molar-refractivity contribution in [1.82, 2.24) is 4.90 Å². The number of anilines is 2. The molecule has 2 heterocycles. The number of furan rings is 1. The van der Waals surface area contributed by atoms with Crippen molar-refractivity contribution in [1.29, 1.82) is 0 Å². The van der Waals surface area contributed by atoms with Crippen LogP contribution in [0.3, 0.4) is 0 Å². The van der Waals surface area contributed by atoms with Crippen LogP contribution in [0.5, 0.6) is 0 Å². The van der Waals surface area contributed by atoms with E-state index in [1.54, 1.807) is 41.3 Å². The normalized spacial score (nSPS) is 17.3. The van der Waals surface area contributed by atoms with Gasteiger partial charge in [-0.05, 0) is 24.3 Å². The summed E-state index contributed by atoms with van der Waals surface area (Å²) in [5.41, 5.74) is 0.625. The number of sulfonamides is 1. The fourth-order valence-electron chi connectivity index (χ4n) is 2.81. The Morgan fingerprint density at radius 1 is 1.23 bits per heavy atom. The fraction of sp³-hybridized carbons (Fsp3) is 0.294. The first-order valence-electron chi connectivity index (χ1n) is 7.99. The Hall–Kier alpha value is -2.81. The zero-order valence-electron chi connectivity index (χ0n) is 14.1. The van der Waals surface area contributed by atoms with Crippen LogP contribution in [-0.2, 0) is 26.2 Å². The molecule has 1 aliphatic rings. The standard InChI is InChI=1S/C17H19N3O5S/c1-26(23,24)19-15-7-3-2-6-14(15)18-17(22)12-9-16(21)20(10-12)11-13-5-4-8-25-13/h2-8,12,19H,9-11H2,1H3,(H,18,22). The number of carbonyl (C=O) groups excluding carboxylic acids is 2. The fourth-order valence-corrected chi connectivity index (χ4v) is 3.38. The largest absolute Gasteiger partial charge is 0.467 e. The summed E-state index contributed by atoms with van der Waals surface area (Å²) in [6.45, 7) is 0.606. The van der Waals surface area contributed by atoms with Crippen molar-refractivity contribution in [2.24, 2.45) is 5.92 Å². The van der Waals surface area contributed by atoms with Crippen molar-refractivity contribution in [2.45, 2.75) is 13.0 Å². The van der Waals surface area contributed by atoms with Crippen LogP contribution >= 0.6 is 0 Å². The Morgan fingerprint density at radius 2 is 1.96 bits per heavy atom. The molecule has 1 aliphatic heterocycles. The summed E-state index contributed by atoms with van der Waals surface area (Å²) >= 11 is 0. The summed E-state index contributed by atoms with van der Waals surface area (Å²) < 4.78 is 30.5. The van der Waals surface area contributed by atoms with Gasteiger partial charge in [0.05, 0.1) is 36.4 Å². The Balaban J connectivity index is 1.67. The van der Waals surface area contributed by atoms with Gasteiger partial charge in [0.25, 0.3) is 0 Å². The molecule has 0 aliphatic carbocycles. The molecule has 0 radical (unpaired) electrons. The number of nitrogens with one attached hydrogen (secondary N) is 2. The maximum atomic E-state index is 12.5. The highest BCUT2D eigenvalue weighted by Crippen LogP contribution is 2.26. The summed E-state index contributed by atoms with van der Waals surface area (Å²) in [5.74, 6) is -0.307. The topological polar surface area (TPSA) is 109 Å². The zero-order valence-corrected chi connectivity index (χ0v) is 15.0. The average Bonchev–Trinajstić information content (AvgIpc) is 3.19. The average molecular weight is 377 g/mol. The number of para-hydroxylation sites is 2. The van der Waals surface area contributed by atoms with Gasteiger partial charge >= 0.3 is 0 Å². The number of nitrogens with zero attached hydrogens (tertiary/aromatic N) is 1. The minimum Gasteiger partial charge on any atom is -0.467 e. The number of carbonyl (C=O) groups is 2. The van der Waals surface area contributed by atoms with E-state index < -0.39 is 15.9 Å². The lowest BCUT2D eigenvalue weighted by Crippen LogP contribution is -2.28. The van der Waals surface area contributed by atoms with Crippen LogP contribution in [-0.4, -0.2) is 37.9 Å². The van der Waals surface area contributed by atoms with E-state index in [-0.39, 0.29) is 30.5 Å². The third-order valence-corrected chi connectivity index (χ3v) is 4.58. The predicted molar refractivity (Wildman–Crippen MR) is 95.8 cm³/mol. The van der Waals surface area contributed by atoms with Crippen molar-refractivity contribution in [3.63, 3.8) is 0 Å². The van der Waals surface area contributed by atoms with Gasteiger partial charge in [0.1, 0.15) is 5.76 Å². The Morgan fingerprint density at radius 3 is 2.62 bits per heavy atom. The number of benzene rings is 1. The molecule has 1 aromatic heterocycles. The molecule has 2 aromatic rings. The van der Waals surface area contributed by atoms with Crippen LogP contribution in [0.15, 0.2) is 47.1 Å². The minimum atomic E-state index is -3.48. The zero-order chi connectivity index (χ0) is 18.7. The number of hydrogen-bond donors (Lipinski definition) is 2. The molecular weight excluding hydrogens is 358 g/mol. The van der Waals surface area contributed by atoms with E-state index in [4.69, 9.17) is 4.42 Å². The van der Waals surface area contributed by atoms with Crippen LogP contribution < -0.4 is 10.0 Å². The van der Waals surface area contributed by atoms with Crippen molar-refractivity contribution in [3.05, 3.63) is 48.4 Å². The number of hydrogen-bond acceptors (Lipinski definition) is 5. The number of rotatable bonds is 6. The highest BCUT2D eigenvalue weighted by Gasteiger charge is 2.34. The monoisotopic (exact) mass is 377 g/mol. The first-order chi connectivity index (χ1) is 12.3. The molecule has 1 saturated heterocycles. The predicted octanol–water partition coefficient (Wildman–Crippen LogP) is 1.64. The maximum absolute atomic E-state index is 12.5. The van der Waals surface area contributed by atoms with Gasteiger partial charge in [0, 0.05) is 13.0 Å². The van der Waals surface area contributed by atoms with Crippen molar-refractivity contribution < 1.29 is 22.4 Å². The quantitative estimate of drug-likeness (QED) is 0.795. The molecule has 0 saturated carbocycles. The van der Waals surface area contributed by atoms with E-state index >= 15 is 0 Å². The molecule has 3 rings (SSSR count). The second-order valence-corrected chi connectivity index (χ2v) is 7.91. The molecule has 1 fully saturated rings. The summed E-state index contributed by atoms with van der Waals surface area (Å²) in [5, 5.41) is 2.71. The van der Waals surface area contributed by atoms with Crippen LogP contribution in [0.2, 0.25) is 0 Å². The van der Waals surface area contributed by atoms with Crippen LogP contribution in [0, 0.1) is 5.92 Å². The van der Waals surface area contributed by atoms with Crippen molar-refractivity contribution in [2.75, 3.05) is 22.8 Å². The van der Waals surface area contributed by atoms with Gasteiger partial charge in [0.2, 0.25) is 21.8 Å². The molecule has 0 bridgehead atoms. The van der Waals surface area contributed by atoms with Crippen LogP contribution in [0.1, 0.15) is 12.2 Å². The second-order valence-electron chi connectivity index (χ2n) is 6.16. The van der Waals surface area contributed by atoms with E-state index in [2.05, 4.69) is 10.0 Å². The lowest BCUT2D eigenvalue weighted by atomic mass is 10.1. The Kier molecular flexibility index (Phi) is 4.99. The van der Waals surface area contributed by atoms with Gasteiger partial charge in [-0.25, -0.2) is 8.42 Å². The van der Waals surface area contributed by atoms with Gasteiger partial charge in [-0.3, -0.25) is 14.3 Å². The molecule has 2 N–H and O–H groups in total. The maximum Gasteiger partial charge on any atom is 0.229 e. The third kappa shape index (κ3) is 4.42. The van der Waals surface area contributed by atoms with Gasteiger partial charge in [-0.15, -0.1) is 0 Å². The summed E-state index contributed by atoms with van der Waals surface area (Å²) in [4.78, 5) is 26.2.